The summed E-state index contributed by atoms with van der Waals surface area (Å²) >= 11 is 0. The van der Waals surface area contributed by atoms with Crippen LogP contribution in [-0.4, -0.2) is 35.6 Å². The molecule has 4 amide bonds. The van der Waals surface area contributed by atoms with E-state index in [2.05, 4.69) is 0 Å². The van der Waals surface area contributed by atoms with Crippen molar-refractivity contribution in [2.45, 2.75) is 6.92 Å². The summed E-state index contributed by atoms with van der Waals surface area (Å²) in [7, 11) is -2.13. The SMILES string of the molecule is Cc1cccc(Oc2ccc(P(=O)(c3ccccc3)c3ccccc3)c(Oc3cccc(N4C(=O)c5ccc(Oc6ccc7c(c6)C(=O)N(C)C7=O)cc5C4=O)c3)c2)c1. The maximum Gasteiger partial charge on any atom is 0.266 e. The van der Waals surface area contributed by atoms with Crippen molar-refractivity contribution in [2.75, 3.05) is 11.9 Å². The number of carbonyl (C=O) groups is 4. The molecule has 9 rings (SSSR count). The third-order valence-corrected chi connectivity index (χ3v) is 13.3. The second kappa shape index (κ2) is 14.8. The zero-order chi connectivity index (χ0) is 40.8. The molecule has 2 aliphatic rings. The minimum absolute atomic E-state index is 0.126. The molecule has 2 heterocycles. The quantitative estimate of drug-likeness (QED) is 0.0994. The van der Waals surface area contributed by atoms with Crippen LogP contribution < -0.4 is 35.0 Å². The van der Waals surface area contributed by atoms with Crippen LogP contribution in [0.25, 0.3) is 0 Å². The van der Waals surface area contributed by atoms with E-state index in [0.717, 1.165) is 15.4 Å². The molecule has 0 bridgehead atoms. The average Bonchev–Trinajstić information content (AvgIpc) is 3.63. The molecule has 7 aromatic rings. The smallest absolute Gasteiger partial charge is 0.266 e. The Morgan fingerprint density at radius 1 is 0.441 bits per heavy atom. The van der Waals surface area contributed by atoms with E-state index in [0.29, 0.717) is 27.4 Å². The number of carbonyl (C=O) groups excluding carboxylic acids is 4. The maximum absolute atomic E-state index is 15.6. The number of ether oxygens (including phenoxy) is 3. The van der Waals surface area contributed by atoms with E-state index in [1.807, 2.05) is 91.9 Å². The van der Waals surface area contributed by atoms with Gasteiger partial charge in [0, 0.05) is 29.8 Å². The van der Waals surface area contributed by atoms with Gasteiger partial charge in [-0.3, -0.25) is 24.1 Å². The van der Waals surface area contributed by atoms with Crippen LogP contribution in [0.4, 0.5) is 5.69 Å². The number of imide groups is 2. The zero-order valence-electron chi connectivity index (χ0n) is 31.7. The highest BCUT2D eigenvalue weighted by Crippen LogP contribution is 2.47. The molecule has 0 atom stereocenters. The number of benzene rings is 7. The summed E-state index contributed by atoms with van der Waals surface area (Å²) in [5, 5.41) is 1.65. The molecule has 288 valence electrons. The molecule has 59 heavy (non-hydrogen) atoms. The Morgan fingerprint density at radius 3 is 1.56 bits per heavy atom. The van der Waals surface area contributed by atoms with E-state index in [-0.39, 0.29) is 50.9 Å². The van der Waals surface area contributed by atoms with E-state index in [1.165, 1.54) is 31.3 Å². The summed E-state index contributed by atoms with van der Waals surface area (Å²) in [6.07, 6.45) is 0. The Hall–Kier alpha value is -7.55. The van der Waals surface area contributed by atoms with Gasteiger partial charge in [-0.2, -0.15) is 0 Å². The Bertz CT molecular complexity index is 2870. The van der Waals surface area contributed by atoms with Crippen LogP contribution in [-0.2, 0) is 4.57 Å². The van der Waals surface area contributed by atoms with Gasteiger partial charge in [0.2, 0.25) is 0 Å². The summed E-state index contributed by atoms with van der Waals surface area (Å²) in [5.41, 5.74) is 2.08. The number of rotatable bonds is 10. The number of aryl methyl sites for hydroxylation is 1. The predicted octanol–water partition coefficient (Wildman–Crippen LogP) is 9.04. The standard InChI is InChI=1S/C48H33N2O8P/c1-30-11-9-13-32(25-30)56-36-21-24-44(59(55,37-15-5-3-6-16-37)38-17-7-4-8-18-38)43(29-36)58-33-14-10-12-31(26-33)50-47(53)40-23-20-35(28-42(40)48(50)54)57-34-19-22-39-41(27-34)46(52)49(2)45(39)51/h3-29H,1-2H3. The third-order valence-electron chi connectivity index (χ3n) is 10.2. The van der Waals surface area contributed by atoms with Gasteiger partial charge in [-0.15, -0.1) is 0 Å². The van der Waals surface area contributed by atoms with Crippen LogP contribution in [0, 0.1) is 6.92 Å². The third kappa shape index (κ3) is 6.65. The fraction of sp³-hybridized carbons (Fsp3) is 0.0417. The Balaban J connectivity index is 1.05. The first kappa shape index (κ1) is 37.1. The minimum atomic E-state index is -3.54. The molecule has 0 unspecified atom stereocenters. The van der Waals surface area contributed by atoms with E-state index in [1.54, 1.807) is 54.6 Å². The molecule has 0 radical (unpaired) electrons. The highest BCUT2D eigenvalue weighted by atomic mass is 31.2. The summed E-state index contributed by atoms with van der Waals surface area (Å²) in [6.45, 7) is 1.97. The van der Waals surface area contributed by atoms with E-state index in [4.69, 9.17) is 14.2 Å². The minimum Gasteiger partial charge on any atom is -0.457 e. The molecule has 11 heteroatoms. The van der Waals surface area contributed by atoms with E-state index < -0.39 is 30.8 Å². The van der Waals surface area contributed by atoms with Crippen molar-refractivity contribution in [3.05, 3.63) is 192 Å². The molecule has 2 aliphatic heterocycles. The van der Waals surface area contributed by atoms with Crippen LogP contribution in [0.2, 0.25) is 0 Å². The molecule has 0 saturated carbocycles. The topological polar surface area (TPSA) is 120 Å². The number of anilines is 1. The van der Waals surface area contributed by atoms with Crippen molar-refractivity contribution < 1.29 is 38.0 Å². The lowest BCUT2D eigenvalue weighted by molar-refractivity contribution is 0.0692. The van der Waals surface area contributed by atoms with Crippen molar-refractivity contribution in [1.82, 2.24) is 4.90 Å². The van der Waals surface area contributed by atoms with Crippen LogP contribution in [0.15, 0.2) is 164 Å². The summed E-state index contributed by atoms with van der Waals surface area (Å²) < 4.78 is 34.5. The van der Waals surface area contributed by atoms with Gasteiger partial charge in [0.1, 0.15) is 34.5 Å². The second-order valence-corrected chi connectivity index (χ2v) is 16.8. The predicted molar refractivity (Wildman–Crippen MR) is 224 cm³/mol. The normalized spacial score (nSPS) is 13.4. The molecule has 0 N–H and O–H groups in total. The van der Waals surface area contributed by atoms with E-state index in [9.17, 15) is 19.2 Å². The van der Waals surface area contributed by atoms with Gasteiger partial charge >= 0.3 is 0 Å². The zero-order valence-corrected chi connectivity index (χ0v) is 32.6. The van der Waals surface area contributed by atoms with Crippen LogP contribution >= 0.6 is 7.14 Å². The van der Waals surface area contributed by atoms with Gasteiger partial charge in [-0.1, -0.05) is 78.9 Å². The molecule has 0 spiro atoms. The van der Waals surface area contributed by atoms with Crippen LogP contribution in [0.3, 0.4) is 0 Å². The van der Waals surface area contributed by atoms with Gasteiger partial charge in [-0.05, 0) is 85.3 Å². The van der Waals surface area contributed by atoms with Crippen LogP contribution in [0.1, 0.15) is 47.0 Å². The van der Waals surface area contributed by atoms with Crippen molar-refractivity contribution in [1.29, 1.82) is 0 Å². The number of nitrogens with zero attached hydrogens (tertiary/aromatic N) is 2. The summed E-state index contributed by atoms with van der Waals surface area (Å²) in [4.78, 5) is 54.8. The van der Waals surface area contributed by atoms with Gasteiger partial charge in [-0.25, -0.2) is 4.90 Å². The fourth-order valence-corrected chi connectivity index (χ4v) is 10.0. The molecule has 10 nitrogen and oxygen atoms in total. The van der Waals surface area contributed by atoms with Gasteiger partial charge in [0.15, 0.2) is 7.14 Å². The highest BCUT2D eigenvalue weighted by Gasteiger charge is 2.38. The first-order valence-corrected chi connectivity index (χ1v) is 20.3. The van der Waals surface area contributed by atoms with Gasteiger partial charge in [0.05, 0.1) is 33.2 Å². The highest BCUT2D eigenvalue weighted by molar-refractivity contribution is 7.85. The number of amides is 4. The van der Waals surface area contributed by atoms with Crippen molar-refractivity contribution in [2.24, 2.45) is 0 Å². The first-order valence-electron chi connectivity index (χ1n) is 18.6. The fourth-order valence-electron chi connectivity index (χ4n) is 7.29. The van der Waals surface area contributed by atoms with E-state index >= 15 is 4.57 Å². The molecular formula is C48H33N2O8P. The molecular weight excluding hydrogens is 764 g/mol. The molecule has 0 saturated heterocycles. The Kier molecular flexibility index (Phi) is 9.26. The lowest BCUT2D eigenvalue weighted by atomic mass is 10.1. The lowest BCUT2D eigenvalue weighted by Gasteiger charge is -2.23. The van der Waals surface area contributed by atoms with Crippen LogP contribution in [0.5, 0.6) is 34.5 Å². The maximum atomic E-state index is 15.6. The molecule has 0 aliphatic carbocycles. The number of hydrogen-bond acceptors (Lipinski definition) is 8. The lowest BCUT2D eigenvalue weighted by Crippen LogP contribution is -2.29. The molecule has 0 aromatic heterocycles. The monoisotopic (exact) mass is 796 g/mol. The van der Waals surface area contributed by atoms with Crippen molar-refractivity contribution in [3.8, 4) is 34.5 Å². The van der Waals surface area contributed by atoms with Crippen molar-refractivity contribution >= 4 is 52.4 Å². The second-order valence-electron chi connectivity index (χ2n) is 14.1. The van der Waals surface area contributed by atoms with Gasteiger partial charge in [0.25, 0.3) is 23.6 Å². The molecule has 0 fully saturated rings. The first-order chi connectivity index (χ1) is 28.6. The average molecular weight is 797 g/mol. The number of fused-ring (bicyclic) bond motifs is 2. The van der Waals surface area contributed by atoms with Crippen molar-refractivity contribution in [3.63, 3.8) is 0 Å². The Morgan fingerprint density at radius 2 is 0.932 bits per heavy atom. The summed E-state index contributed by atoms with van der Waals surface area (Å²) in [5.74, 6) is 0.208. The Labute approximate surface area is 339 Å². The molecule has 7 aromatic carbocycles. The summed E-state index contributed by atoms with van der Waals surface area (Å²) in [6, 6.07) is 47.0. The largest absolute Gasteiger partial charge is 0.457 e. The number of hydrogen-bond donors (Lipinski definition) is 0. The van der Waals surface area contributed by atoms with Gasteiger partial charge < -0.3 is 18.8 Å².